The molecule has 0 amide bonds. The topological polar surface area (TPSA) is 18.5 Å². The first kappa shape index (κ1) is 19.7. The van der Waals surface area contributed by atoms with Gasteiger partial charge in [-0.3, -0.25) is 0 Å². The van der Waals surface area contributed by atoms with Crippen molar-refractivity contribution >= 4 is 10.8 Å². The molecule has 3 aromatic rings. The summed E-state index contributed by atoms with van der Waals surface area (Å²) in [4.78, 5) is 0. The number of rotatable bonds is 6. The lowest BCUT2D eigenvalue weighted by atomic mass is 10.00. The monoisotopic (exact) mass is 394 g/mol. The Labute approximate surface area is 157 Å². The van der Waals surface area contributed by atoms with Crippen molar-refractivity contribution in [3.05, 3.63) is 72.8 Å². The first-order valence-corrected chi connectivity index (χ1v) is 8.23. The van der Waals surface area contributed by atoms with E-state index in [9.17, 15) is 22.0 Å². The summed E-state index contributed by atoms with van der Waals surface area (Å²) in [5.41, 5.74) is 0.0759. The molecule has 3 rings (SSSR count). The summed E-state index contributed by atoms with van der Waals surface area (Å²) in [5.74, 6) is -1.48. The van der Waals surface area contributed by atoms with Crippen LogP contribution in [-0.2, 0) is 0 Å². The van der Waals surface area contributed by atoms with Crippen LogP contribution in [0.15, 0.2) is 61.2 Å². The molecule has 0 saturated carbocycles. The number of fused-ring (bicyclic) bond motifs is 1. The average Bonchev–Trinajstić information content (AvgIpc) is 2.63. The minimum Gasteiger partial charge on any atom is -0.489 e. The first-order chi connectivity index (χ1) is 13.3. The van der Waals surface area contributed by atoms with Crippen molar-refractivity contribution in [2.24, 2.45) is 0 Å². The van der Waals surface area contributed by atoms with E-state index < -0.39 is 24.4 Å². The molecule has 0 heterocycles. The van der Waals surface area contributed by atoms with Gasteiger partial charge in [0, 0.05) is 12.1 Å². The molecule has 28 heavy (non-hydrogen) atoms. The van der Waals surface area contributed by atoms with Gasteiger partial charge in [-0.15, -0.1) is 0 Å². The number of hydrogen-bond donors (Lipinski definition) is 0. The van der Waals surface area contributed by atoms with Crippen LogP contribution >= 0.6 is 0 Å². The highest BCUT2D eigenvalue weighted by molar-refractivity contribution is 5.88. The van der Waals surface area contributed by atoms with Gasteiger partial charge in [-0.25, -0.2) is 8.78 Å². The fraction of sp³-hybridized carbons (Fsp3) is 0.143. The third-order valence-corrected chi connectivity index (χ3v) is 3.89. The largest absolute Gasteiger partial charge is 0.489 e. The van der Waals surface area contributed by atoms with Gasteiger partial charge >= 0.3 is 6.18 Å². The molecule has 0 spiro atoms. The molecule has 0 fully saturated rings. The number of hydrogen-bond acceptors (Lipinski definition) is 2. The minimum atomic E-state index is -4.44. The quantitative estimate of drug-likeness (QED) is 0.361. The maximum absolute atomic E-state index is 14.4. The van der Waals surface area contributed by atoms with Crippen LogP contribution < -0.4 is 9.47 Å². The normalized spacial score (nSPS) is 11.5. The maximum Gasteiger partial charge on any atom is 0.422 e. The van der Waals surface area contributed by atoms with Gasteiger partial charge in [0.1, 0.15) is 29.7 Å². The lowest BCUT2D eigenvalue weighted by Gasteiger charge is -2.12. The van der Waals surface area contributed by atoms with E-state index >= 15 is 0 Å². The van der Waals surface area contributed by atoms with Crippen LogP contribution in [-0.4, -0.2) is 19.4 Å². The van der Waals surface area contributed by atoms with Crippen molar-refractivity contribution in [3.8, 4) is 22.6 Å². The number of benzene rings is 3. The third kappa shape index (κ3) is 4.60. The van der Waals surface area contributed by atoms with Crippen molar-refractivity contribution in [2.45, 2.75) is 6.18 Å². The summed E-state index contributed by atoms with van der Waals surface area (Å²) in [6.45, 7) is 2.19. The van der Waals surface area contributed by atoms with Gasteiger partial charge in [0.05, 0.1) is 5.56 Å². The predicted octanol–water partition coefficient (Wildman–Crippen LogP) is 6.29. The van der Waals surface area contributed by atoms with Gasteiger partial charge in [-0.05, 0) is 34.5 Å². The summed E-state index contributed by atoms with van der Waals surface area (Å²) in [5, 5.41) is 1.18. The van der Waals surface area contributed by atoms with Crippen LogP contribution in [0.2, 0.25) is 0 Å². The zero-order valence-corrected chi connectivity index (χ0v) is 14.5. The van der Waals surface area contributed by atoms with Gasteiger partial charge < -0.3 is 9.47 Å². The second-order valence-electron chi connectivity index (χ2n) is 5.99. The Morgan fingerprint density at radius 2 is 1.46 bits per heavy atom. The van der Waals surface area contributed by atoms with Crippen LogP contribution in [0, 0.1) is 11.6 Å². The van der Waals surface area contributed by atoms with Crippen molar-refractivity contribution in [1.29, 1.82) is 0 Å². The fourth-order valence-corrected chi connectivity index (χ4v) is 2.70. The summed E-state index contributed by atoms with van der Waals surface area (Å²) < 4.78 is 75.5. The molecule has 7 heteroatoms. The van der Waals surface area contributed by atoms with Gasteiger partial charge in [-0.1, -0.05) is 30.9 Å². The predicted molar refractivity (Wildman–Crippen MR) is 96.5 cm³/mol. The standard InChI is InChI=1S/C21H15F5O2/c1-2-7-27-17-10-18(22)20(19(23)11-17)15-4-3-14-9-16(6-5-13(14)8-15)28-12-21(24,25)26/h2-6,8-11H,1,7,12H2. The number of halogens is 5. The smallest absolute Gasteiger partial charge is 0.422 e. The number of ether oxygens (including phenoxy) is 2. The number of alkyl halides is 3. The Hall–Kier alpha value is -3.09. The summed E-state index contributed by atoms with van der Waals surface area (Å²) >= 11 is 0. The molecular weight excluding hydrogens is 379 g/mol. The zero-order chi connectivity index (χ0) is 20.3. The highest BCUT2D eigenvalue weighted by Gasteiger charge is 2.28. The first-order valence-electron chi connectivity index (χ1n) is 8.23. The highest BCUT2D eigenvalue weighted by atomic mass is 19.4. The lowest BCUT2D eigenvalue weighted by molar-refractivity contribution is -0.153. The van der Waals surface area contributed by atoms with Gasteiger partial charge in [0.2, 0.25) is 0 Å². The van der Waals surface area contributed by atoms with Crippen molar-refractivity contribution in [3.63, 3.8) is 0 Å². The van der Waals surface area contributed by atoms with E-state index in [1.165, 1.54) is 30.3 Å². The molecule has 0 aliphatic rings. The molecule has 2 nitrogen and oxygen atoms in total. The van der Waals surface area contributed by atoms with Crippen LogP contribution in [0.25, 0.3) is 21.9 Å². The van der Waals surface area contributed by atoms with Gasteiger partial charge in [0.15, 0.2) is 6.61 Å². The van der Waals surface area contributed by atoms with E-state index in [4.69, 9.17) is 9.47 Å². The molecule has 0 aromatic heterocycles. The average molecular weight is 394 g/mol. The lowest BCUT2D eigenvalue weighted by Crippen LogP contribution is -2.19. The Kier molecular flexibility index (Phi) is 5.53. The molecule has 0 unspecified atom stereocenters. The van der Waals surface area contributed by atoms with Gasteiger partial charge in [0.25, 0.3) is 0 Å². The second-order valence-corrected chi connectivity index (χ2v) is 5.99. The molecule has 0 saturated heterocycles. The fourth-order valence-electron chi connectivity index (χ4n) is 2.70. The minimum absolute atomic E-state index is 0.0471. The van der Waals surface area contributed by atoms with Crippen LogP contribution in [0.3, 0.4) is 0 Å². The van der Waals surface area contributed by atoms with E-state index in [2.05, 4.69) is 6.58 Å². The Morgan fingerprint density at radius 1 is 0.821 bits per heavy atom. The molecule has 0 N–H and O–H groups in total. The Bertz CT molecular complexity index is 988. The maximum atomic E-state index is 14.4. The van der Waals surface area contributed by atoms with Crippen LogP contribution in [0.4, 0.5) is 22.0 Å². The summed E-state index contributed by atoms with van der Waals surface area (Å²) in [6.07, 6.45) is -2.98. The highest BCUT2D eigenvalue weighted by Crippen LogP contribution is 2.33. The molecule has 0 atom stereocenters. The van der Waals surface area contributed by atoms with E-state index in [0.717, 1.165) is 12.1 Å². The van der Waals surface area contributed by atoms with Crippen LogP contribution in [0.5, 0.6) is 11.5 Å². The van der Waals surface area contributed by atoms with Crippen molar-refractivity contribution < 1.29 is 31.4 Å². The molecule has 3 aromatic carbocycles. The second kappa shape index (κ2) is 7.88. The molecule has 0 aliphatic heterocycles. The van der Waals surface area contributed by atoms with Crippen molar-refractivity contribution in [2.75, 3.05) is 13.2 Å². The third-order valence-electron chi connectivity index (χ3n) is 3.89. The summed E-state index contributed by atoms with van der Waals surface area (Å²) in [6, 6.07) is 11.1. The van der Waals surface area contributed by atoms with E-state index in [-0.39, 0.29) is 23.7 Å². The summed E-state index contributed by atoms with van der Waals surface area (Å²) in [7, 11) is 0. The Balaban J connectivity index is 1.91. The Morgan fingerprint density at radius 3 is 2.11 bits per heavy atom. The van der Waals surface area contributed by atoms with Crippen molar-refractivity contribution in [1.82, 2.24) is 0 Å². The molecule has 0 radical (unpaired) electrons. The van der Waals surface area contributed by atoms with E-state index in [1.807, 2.05) is 0 Å². The van der Waals surface area contributed by atoms with Gasteiger partial charge in [-0.2, -0.15) is 13.2 Å². The zero-order valence-electron chi connectivity index (χ0n) is 14.5. The molecule has 146 valence electrons. The van der Waals surface area contributed by atoms with E-state index in [0.29, 0.717) is 16.3 Å². The van der Waals surface area contributed by atoms with E-state index in [1.54, 1.807) is 12.1 Å². The van der Waals surface area contributed by atoms with Crippen LogP contribution in [0.1, 0.15) is 0 Å². The molecular formula is C21H15F5O2. The molecule has 0 bridgehead atoms. The molecule has 0 aliphatic carbocycles. The SMILES string of the molecule is C=CCOc1cc(F)c(-c2ccc3cc(OCC(F)(F)F)ccc3c2)c(F)c1.